The van der Waals surface area contributed by atoms with Crippen molar-refractivity contribution in [3.63, 3.8) is 0 Å². The van der Waals surface area contributed by atoms with Crippen LogP contribution in [-0.4, -0.2) is 51.2 Å². The van der Waals surface area contributed by atoms with Gasteiger partial charge in [0.15, 0.2) is 6.54 Å². The number of aryl methyl sites for hydroxylation is 3. The second-order valence-electron chi connectivity index (χ2n) is 7.12. The molecule has 4 N–H and O–H groups in total. The number of likely N-dealkylation sites (N-methyl/N-ethyl adjacent to an activating group) is 1. The number of anilines is 1. The predicted molar refractivity (Wildman–Crippen MR) is 106 cm³/mol. The van der Waals surface area contributed by atoms with Crippen LogP contribution in [0.1, 0.15) is 23.6 Å². The number of rotatable bonds is 7. The summed E-state index contributed by atoms with van der Waals surface area (Å²) in [5.41, 5.74) is 4.87. The first kappa shape index (κ1) is 21.4. The van der Waals surface area contributed by atoms with E-state index in [0.717, 1.165) is 27.3 Å². The zero-order valence-corrected chi connectivity index (χ0v) is 17.1. The summed E-state index contributed by atoms with van der Waals surface area (Å²) in [4.78, 5) is 37.1. The number of quaternary nitrogens is 1. The van der Waals surface area contributed by atoms with E-state index in [1.165, 1.54) is 0 Å². The summed E-state index contributed by atoms with van der Waals surface area (Å²) >= 11 is 0. The van der Waals surface area contributed by atoms with Crippen LogP contribution < -0.4 is 20.9 Å². The fourth-order valence-corrected chi connectivity index (χ4v) is 3.30. The minimum atomic E-state index is -0.465. The molecule has 152 valence electrons. The van der Waals surface area contributed by atoms with Crippen LogP contribution in [0.2, 0.25) is 0 Å². The van der Waals surface area contributed by atoms with Gasteiger partial charge in [-0.2, -0.15) is 0 Å². The Bertz CT molecular complexity index is 793. The first-order valence-electron chi connectivity index (χ1n) is 9.34. The maximum atomic E-state index is 12.5. The lowest BCUT2D eigenvalue weighted by atomic mass is 10.1. The van der Waals surface area contributed by atoms with Crippen LogP contribution in [0.4, 0.5) is 10.5 Å². The van der Waals surface area contributed by atoms with E-state index >= 15 is 0 Å². The SMILES string of the molecule is CCOC(=O)C1=C(C[NH+](C)CC(=O)Nc2c(C)cc(C)cc2C)NC(=O)NC1. The van der Waals surface area contributed by atoms with E-state index in [9.17, 15) is 14.4 Å². The Labute approximate surface area is 165 Å². The summed E-state index contributed by atoms with van der Waals surface area (Å²) < 4.78 is 5.05. The van der Waals surface area contributed by atoms with E-state index < -0.39 is 5.97 Å². The second-order valence-corrected chi connectivity index (χ2v) is 7.12. The maximum Gasteiger partial charge on any atom is 0.337 e. The monoisotopic (exact) mass is 389 g/mol. The summed E-state index contributed by atoms with van der Waals surface area (Å²) in [6, 6.07) is 3.69. The Morgan fingerprint density at radius 2 is 1.86 bits per heavy atom. The van der Waals surface area contributed by atoms with Gasteiger partial charge in [0, 0.05) is 5.69 Å². The van der Waals surface area contributed by atoms with Crippen LogP contribution in [-0.2, 0) is 14.3 Å². The third-order valence-corrected chi connectivity index (χ3v) is 4.46. The van der Waals surface area contributed by atoms with Crippen molar-refractivity contribution in [3.05, 3.63) is 40.1 Å². The van der Waals surface area contributed by atoms with Crippen molar-refractivity contribution in [2.45, 2.75) is 27.7 Å². The number of esters is 1. The minimum absolute atomic E-state index is 0.112. The number of hydrogen-bond donors (Lipinski definition) is 4. The van der Waals surface area contributed by atoms with Gasteiger partial charge in [0.05, 0.1) is 31.5 Å². The summed E-state index contributed by atoms with van der Waals surface area (Å²) in [7, 11) is 1.83. The number of hydrogen-bond acceptors (Lipinski definition) is 4. The number of ether oxygens (including phenoxy) is 1. The first-order valence-corrected chi connectivity index (χ1v) is 9.34. The van der Waals surface area contributed by atoms with Crippen LogP contribution in [0, 0.1) is 20.8 Å². The molecule has 0 fully saturated rings. The van der Waals surface area contributed by atoms with Gasteiger partial charge in [0.2, 0.25) is 0 Å². The van der Waals surface area contributed by atoms with E-state index in [4.69, 9.17) is 4.74 Å². The molecule has 1 aromatic rings. The van der Waals surface area contributed by atoms with Crippen molar-refractivity contribution in [1.29, 1.82) is 0 Å². The highest BCUT2D eigenvalue weighted by Gasteiger charge is 2.26. The van der Waals surface area contributed by atoms with E-state index in [1.807, 2.05) is 40.0 Å². The smallest absolute Gasteiger partial charge is 0.337 e. The van der Waals surface area contributed by atoms with Gasteiger partial charge in [-0.15, -0.1) is 0 Å². The number of nitrogens with one attached hydrogen (secondary N) is 4. The largest absolute Gasteiger partial charge is 0.463 e. The number of urea groups is 1. The molecule has 0 aromatic heterocycles. The lowest BCUT2D eigenvalue weighted by molar-refractivity contribution is -0.866. The van der Waals surface area contributed by atoms with Crippen molar-refractivity contribution in [3.8, 4) is 0 Å². The highest BCUT2D eigenvalue weighted by Crippen LogP contribution is 2.21. The van der Waals surface area contributed by atoms with Crippen LogP contribution in [0.5, 0.6) is 0 Å². The molecule has 1 unspecified atom stereocenters. The fourth-order valence-electron chi connectivity index (χ4n) is 3.30. The van der Waals surface area contributed by atoms with Crippen LogP contribution in [0.25, 0.3) is 0 Å². The highest BCUT2D eigenvalue weighted by molar-refractivity contribution is 5.94. The van der Waals surface area contributed by atoms with Crippen molar-refractivity contribution in [1.82, 2.24) is 10.6 Å². The van der Waals surface area contributed by atoms with E-state index in [0.29, 0.717) is 17.8 Å². The molecule has 1 heterocycles. The van der Waals surface area contributed by atoms with Gasteiger partial charge in [-0.3, -0.25) is 4.79 Å². The zero-order chi connectivity index (χ0) is 20.8. The molecule has 8 heteroatoms. The average molecular weight is 389 g/mol. The van der Waals surface area contributed by atoms with Gasteiger partial charge in [0.1, 0.15) is 6.54 Å². The van der Waals surface area contributed by atoms with Gasteiger partial charge in [0.25, 0.3) is 5.91 Å². The molecule has 0 aliphatic carbocycles. The van der Waals surface area contributed by atoms with Crippen molar-refractivity contribution in [2.24, 2.45) is 0 Å². The molecule has 8 nitrogen and oxygen atoms in total. The number of carbonyl (C=O) groups is 3. The third-order valence-electron chi connectivity index (χ3n) is 4.46. The fraction of sp³-hybridized carbons (Fsp3) is 0.450. The topological polar surface area (TPSA) is 101 Å². The Morgan fingerprint density at radius 3 is 2.46 bits per heavy atom. The lowest BCUT2D eigenvalue weighted by Crippen LogP contribution is -3.10. The summed E-state index contributed by atoms with van der Waals surface area (Å²) in [6.07, 6.45) is 0. The quantitative estimate of drug-likeness (QED) is 0.500. The molecule has 28 heavy (non-hydrogen) atoms. The number of amides is 3. The molecule has 0 bridgehead atoms. The molecular formula is C20H29N4O4+. The van der Waals surface area contributed by atoms with E-state index in [1.54, 1.807) is 6.92 Å². The van der Waals surface area contributed by atoms with Crippen molar-refractivity contribution < 1.29 is 24.0 Å². The lowest BCUT2D eigenvalue weighted by Gasteiger charge is -2.23. The Kier molecular flexibility index (Phi) is 7.17. The van der Waals surface area contributed by atoms with Crippen LogP contribution >= 0.6 is 0 Å². The van der Waals surface area contributed by atoms with Gasteiger partial charge in [-0.1, -0.05) is 17.7 Å². The summed E-state index contributed by atoms with van der Waals surface area (Å²) in [5, 5.41) is 8.20. The number of benzene rings is 1. The minimum Gasteiger partial charge on any atom is -0.463 e. The van der Waals surface area contributed by atoms with E-state index in [2.05, 4.69) is 16.0 Å². The third kappa shape index (κ3) is 5.56. The highest BCUT2D eigenvalue weighted by atomic mass is 16.5. The van der Waals surface area contributed by atoms with Gasteiger partial charge >= 0.3 is 12.0 Å². The summed E-state index contributed by atoms with van der Waals surface area (Å²) in [6.45, 7) is 8.55. The Balaban J connectivity index is 2.05. The molecule has 0 saturated heterocycles. The normalized spacial score (nSPS) is 14.8. The molecule has 1 aliphatic heterocycles. The summed E-state index contributed by atoms with van der Waals surface area (Å²) in [5.74, 6) is -0.598. The average Bonchev–Trinajstić information content (AvgIpc) is 2.58. The molecular weight excluding hydrogens is 360 g/mol. The number of carbonyl (C=O) groups excluding carboxylic acids is 3. The zero-order valence-electron chi connectivity index (χ0n) is 17.1. The van der Waals surface area contributed by atoms with Crippen molar-refractivity contribution >= 4 is 23.6 Å². The molecule has 2 rings (SSSR count). The molecule has 1 atom stereocenters. The standard InChI is InChI=1S/C20H28N4O4/c1-6-28-19(26)15-9-21-20(27)22-16(15)10-24(5)11-17(25)23-18-13(3)7-12(2)8-14(18)4/h7-8H,6,9-11H2,1-5H3,(H,23,25)(H2,21,22,27)/p+1. The molecule has 0 spiro atoms. The Hall–Kier alpha value is -2.87. The maximum absolute atomic E-state index is 12.5. The van der Waals surface area contributed by atoms with Gasteiger partial charge < -0.3 is 25.6 Å². The molecule has 1 aliphatic rings. The van der Waals surface area contributed by atoms with Gasteiger partial charge in [-0.05, 0) is 38.8 Å². The van der Waals surface area contributed by atoms with Gasteiger partial charge in [-0.25, -0.2) is 9.59 Å². The van der Waals surface area contributed by atoms with Crippen molar-refractivity contribution in [2.75, 3.05) is 38.6 Å². The molecule has 0 radical (unpaired) electrons. The second kappa shape index (κ2) is 9.36. The molecule has 1 aromatic carbocycles. The van der Waals surface area contributed by atoms with Crippen LogP contribution in [0.3, 0.4) is 0 Å². The first-order chi connectivity index (χ1) is 13.2. The molecule has 0 saturated carbocycles. The Morgan fingerprint density at radius 1 is 1.21 bits per heavy atom. The van der Waals surface area contributed by atoms with Crippen LogP contribution in [0.15, 0.2) is 23.4 Å². The predicted octanol–water partition coefficient (Wildman–Crippen LogP) is 0.195. The van der Waals surface area contributed by atoms with E-state index in [-0.39, 0.29) is 31.6 Å². The molecule has 3 amide bonds.